The highest BCUT2D eigenvalue weighted by atomic mass is 19.1. The molecule has 0 saturated heterocycles. The monoisotopic (exact) mass is 223 g/mol. The molecule has 0 aliphatic heterocycles. The molecule has 1 unspecified atom stereocenters. The van der Waals surface area contributed by atoms with Gasteiger partial charge in [0.15, 0.2) is 0 Å². The van der Waals surface area contributed by atoms with Crippen LogP contribution in [0.15, 0.2) is 24.3 Å². The van der Waals surface area contributed by atoms with Crippen molar-refractivity contribution in [3.8, 4) is 0 Å². The van der Waals surface area contributed by atoms with E-state index in [4.69, 9.17) is 5.73 Å². The molecule has 1 aromatic carbocycles. The first-order chi connectivity index (χ1) is 7.66. The van der Waals surface area contributed by atoms with Gasteiger partial charge >= 0.3 is 0 Å². The van der Waals surface area contributed by atoms with Crippen molar-refractivity contribution in [1.29, 1.82) is 0 Å². The third-order valence-electron chi connectivity index (χ3n) is 3.48. The lowest BCUT2D eigenvalue weighted by molar-refractivity contribution is 0.102. The fraction of sp³-hybridized carbons (Fsp3) is 0.538. The van der Waals surface area contributed by atoms with Gasteiger partial charge in [-0.2, -0.15) is 0 Å². The lowest BCUT2D eigenvalue weighted by atomic mass is 9.80. The van der Waals surface area contributed by atoms with E-state index >= 15 is 0 Å². The summed E-state index contributed by atoms with van der Waals surface area (Å²) >= 11 is 0. The van der Waals surface area contributed by atoms with E-state index in [1.54, 1.807) is 6.07 Å². The molecule has 0 spiro atoms. The Labute approximate surface area is 95.3 Å². The van der Waals surface area contributed by atoms with Crippen LogP contribution in [0.25, 0.3) is 0 Å². The van der Waals surface area contributed by atoms with Crippen molar-refractivity contribution >= 4 is 0 Å². The maximum absolute atomic E-state index is 13.1. The van der Waals surface area contributed by atoms with Crippen molar-refractivity contribution in [3.05, 3.63) is 35.6 Å². The van der Waals surface area contributed by atoms with Crippen LogP contribution < -0.4 is 5.73 Å². The molecule has 3 N–H and O–H groups in total. The van der Waals surface area contributed by atoms with Crippen molar-refractivity contribution in [2.75, 3.05) is 0 Å². The Morgan fingerprint density at radius 3 is 2.56 bits per heavy atom. The summed E-state index contributed by atoms with van der Waals surface area (Å²) in [4.78, 5) is 0. The van der Waals surface area contributed by atoms with Crippen LogP contribution in [-0.2, 0) is 0 Å². The fourth-order valence-electron chi connectivity index (χ4n) is 2.45. The first-order valence-electron chi connectivity index (χ1n) is 5.86. The number of rotatable bonds is 2. The summed E-state index contributed by atoms with van der Waals surface area (Å²) in [5, 5.41) is 9.42. The molecule has 1 aliphatic carbocycles. The summed E-state index contributed by atoms with van der Waals surface area (Å²) in [6.07, 6.45) is 3.31. The predicted molar refractivity (Wildman–Crippen MR) is 61.3 cm³/mol. The maximum Gasteiger partial charge on any atom is 0.123 e. The van der Waals surface area contributed by atoms with Gasteiger partial charge in [0.25, 0.3) is 0 Å². The summed E-state index contributed by atoms with van der Waals surface area (Å²) in [6.45, 7) is 0. The Bertz CT molecular complexity index is 348. The second-order valence-corrected chi connectivity index (χ2v) is 4.65. The first kappa shape index (κ1) is 11.6. The highest BCUT2D eigenvalue weighted by Crippen LogP contribution is 2.33. The Kier molecular flexibility index (Phi) is 3.56. The molecule has 0 aromatic heterocycles. The van der Waals surface area contributed by atoms with Crippen molar-refractivity contribution in [2.24, 2.45) is 11.7 Å². The van der Waals surface area contributed by atoms with Gasteiger partial charge in [0, 0.05) is 6.04 Å². The van der Waals surface area contributed by atoms with Gasteiger partial charge in [0.1, 0.15) is 5.82 Å². The van der Waals surface area contributed by atoms with Crippen LogP contribution in [0, 0.1) is 11.7 Å². The molecule has 0 heterocycles. The average Bonchev–Trinajstić information content (AvgIpc) is 2.29. The van der Waals surface area contributed by atoms with E-state index < -0.39 is 0 Å². The third kappa shape index (κ3) is 2.60. The number of hydrogen-bond acceptors (Lipinski definition) is 2. The predicted octanol–water partition coefficient (Wildman–Crippen LogP) is 2.38. The summed E-state index contributed by atoms with van der Waals surface area (Å²) in [7, 11) is 0. The zero-order chi connectivity index (χ0) is 11.5. The minimum atomic E-state index is -0.233. The molecule has 2 rings (SSSR count). The number of nitrogens with two attached hydrogens (primary N) is 1. The first-order valence-corrected chi connectivity index (χ1v) is 5.86. The molecule has 0 radical (unpaired) electrons. The SMILES string of the molecule is NC(c1cccc(F)c1)C1CCC(O)CC1. The summed E-state index contributed by atoms with van der Waals surface area (Å²) < 4.78 is 13.1. The molecular formula is C13H18FNO. The highest BCUT2D eigenvalue weighted by molar-refractivity contribution is 5.20. The second-order valence-electron chi connectivity index (χ2n) is 4.65. The van der Waals surface area contributed by atoms with Crippen LogP contribution in [0.3, 0.4) is 0 Å². The van der Waals surface area contributed by atoms with Gasteiger partial charge in [-0.05, 0) is 49.3 Å². The summed E-state index contributed by atoms with van der Waals surface area (Å²) in [5.74, 6) is 0.133. The van der Waals surface area contributed by atoms with E-state index in [1.807, 2.05) is 6.07 Å². The minimum Gasteiger partial charge on any atom is -0.393 e. The molecule has 1 atom stereocenters. The van der Waals surface area contributed by atoms with Crippen LogP contribution in [0.4, 0.5) is 4.39 Å². The average molecular weight is 223 g/mol. The van der Waals surface area contributed by atoms with Crippen LogP contribution >= 0.6 is 0 Å². The normalized spacial score (nSPS) is 27.7. The maximum atomic E-state index is 13.1. The smallest absolute Gasteiger partial charge is 0.123 e. The van der Waals surface area contributed by atoms with E-state index in [0.717, 1.165) is 31.2 Å². The molecule has 1 aromatic rings. The lowest BCUT2D eigenvalue weighted by Crippen LogP contribution is -2.27. The van der Waals surface area contributed by atoms with Gasteiger partial charge in [-0.15, -0.1) is 0 Å². The van der Waals surface area contributed by atoms with E-state index in [2.05, 4.69) is 0 Å². The van der Waals surface area contributed by atoms with Crippen LogP contribution in [0.5, 0.6) is 0 Å². The molecule has 1 aliphatic rings. The standard InChI is InChI=1S/C13H18FNO/c14-11-3-1-2-10(8-11)13(15)9-4-6-12(16)7-5-9/h1-3,8-9,12-13,16H,4-7,15H2. The molecule has 0 bridgehead atoms. The van der Waals surface area contributed by atoms with Crippen LogP contribution in [-0.4, -0.2) is 11.2 Å². The third-order valence-corrected chi connectivity index (χ3v) is 3.48. The summed E-state index contributed by atoms with van der Waals surface area (Å²) in [5.41, 5.74) is 7.00. The van der Waals surface area contributed by atoms with E-state index in [9.17, 15) is 9.50 Å². The highest BCUT2D eigenvalue weighted by Gasteiger charge is 2.25. The molecule has 16 heavy (non-hydrogen) atoms. The van der Waals surface area contributed by atoms with E-state index in [-0.39, 0.29) is 18.0 Å². The molecule has 88 valence electrons. The fourth-order valence-corrected chi connectivity index (χ4v) is 2.45. The number of benzene rings is 1. The van der Waals surface area contributed by atoms with Gasteiger partial charge in [0.2, 0.25) is 0 Å². The molecule has 1 fully saturated rings. The Morgan fingerprint density at radius 1 is 1.25 bits per heavy atom. The molecule has 1 saturated carbocycles. The van der Waals surface area contributed by atoms with E-state index in [1.165, 1.54) is 12.1 Å². The number of halogens is 1. The van der Waals surface area contributed by atoms with Gasteiger partial charge in [-0.3, -0.25) is 0 Å². The largest absolute Gasteiger partial charge is 0.393 e. The van der Waals surface area contributed by atoms with Gasteiger partial charge in [-0.25, -0.2) is 4.39 Å². The minimum absolute atomic E-state index is 0.108. The zero-order valence-corrected chi connectivity index (χ0v) is 9.27. The van der Waals surface area contributed by atoms with Gasteiger partial charge in [0.05, 0.1) is 6.10 Å². The van der Waals surface area contributed by atoms with Crippen molar-refractivity contribution in [3.63, 3.8) is 0 Å². The van der Waals surface area contributed by atoms with Gasteiger partial charge in [-0.1, -0.05) is 12.1 Å². The van der Waals surface area contributed by atoms with E-state index in [0.29, 0.717) is 5.92 Å². The Hall–Kier alpha value is -0.930. The molecular weight excluding hydrogens is 205 g/mol. The number of hydrogen-bond donors (Lipinski definition) is 2. The lowest BCUT2D eigenvalue weighted by Gasteiger charge is -2.30. The Balaban J connectivity index is 2.04. The quantitative estimate of drug-likeness (QED) is 0.808. The molecule has 0 amide bonds. The molecule has 3 heteroatoms. The zero-order valence-electron chi connectivity index (χ0n) is 9.27. The van der Waals surface area contributed by atoms with Crippen LogP contribution in [0.2, 0.25) is 0 Å². The van der Waals surface area contributed by atoms with Crippen LogP contribution in [0.1, 0.15) is 37.3 Å². The Morgan fingerprint density at radius 2 is 1.94 bits per heavy atom. The molecule has 2 nitrogen and oxygen atoms in total. The van der Waals surface area contributed by atoms with Crippen molar-refractivity contribution < 1.29 is 9.50 Å². The van der Waals surface area contributed by atoms with Crippen molar-refractivity contribution in [1.82, 2.24) is 0 Å². The topological polar surface area (TPSA) is 46.2 Å². The second kappa shape index (κ2) is 4.93. The number of aliphatic hydroxyl groups excluding tert-OH is 1. The van der Waals surface area contributed by atoms with Crippen molar-refractivity contribution in [2.45, 2.75) is 37.8 Å². The summed E-state index contributed by atoms with van der Waals surface area (Å²) in [6, 6.07) is 6.40. The number of aliphatic hydroxyl groups is 1. The van der Waals surface area contributed by atoms with Gasteiger partial charge < -0.3 is 10.8 Å².